The Hall–Kier alpha value is -2.37. The predicted octanol–water partition coefficient (Wildman–Crippen LogP) is 2.82. The molecule has 116 valence electrons. The maximum absolute atomic E-state index is 11.9. The average molecular weight is 301 g/mol. The van der Waals surface area contributed by atoms with Crippen LogP contribution in [0, 0.1) is 0 Å². The molecule has 1 saturated heterocycles. The number of amides is 1. The van der Waals surface area contributed by atoms with Crippen LogP contribution in [0.15, 0.2) is 28.8 Å². The second kappa shape index (κ2) is 6.17. The highest BCUT2D eigenvalue weighted by molar-refractivity contribution is 5.78. The van der Waals surface area contributed by atoms with Crippen molar-refractivity contribution in [1.29, 1.82) is 0 Å². The van der Waals surface area contributed by atoms with Crippen molar-refractivity contribution in [3.8, 4) is 17.1 Å². The third kappa shape index (κ3) is 2.68. The van der Waals surface area contributed by atoms with Crippen molar-refractivity contribution >= 4 is 5.91 Å². The van der Waals surface area contributed by atoms with Crippen molar-refractivity contribution in [2.24, 2.45) is 0 Å². The van der Waals surface area contributed by atoms with Crippen LogP contribution in [-0.2, 0) is 4.79 Å². The maximum Gasteiger partial charge on any atom is 0.249 e. The third-order valence-corrected chi connectivity index (χ3v) is 3.95. The Morgan fingerprint density at radius 1 is 1.36 bits per heavy atom. The number of carbonyl (C=O) groups is 1. The monoisotopic (exact) mass is 301 g/mol. The van der Waals surface area contributed by atoms with Crippen LogP contribution in [0.2, 0.25) is 0 Å². The number of carbonyl (C=O) groups excluding carboxylic acids is 1. The summed E-state index contributed by atoms with van der Waals surface area (Å²) in [6, 6.07) is 7.35. The number of rotatable bonds is 5. The molecule has 2 aromatic rings. The lowest BCUT2D eigenvalue weighted by Gasteiger charge is -2.23. The smallest absolute Gasteiger partial charge is 0.249 e. The number of methoxy groups -OCH3 is 1. The van der Waals surface area contributed by atoms with Crippen LogP contribution < -0.4 is 4.74 Å². The Balaban J connectivity index is 1.83. The molecule has 3 rings (SSSR count). The lowest BCUT2D eigenvalue weighted by atomic mass is 10.2. The molecule has 0 spiro atoms. The lowest BCUT2D eigenvalue weighted by molar-refractivity contribution is -0.130. The number of aromatic nitrogens is 2. The largest absolute Gasteiger partial charge is 0.497 e. The third-order valence-electron chi connectivity index (χ3n) is 3.95. The summed E-state index contributed by atoms with van der Waals surface area (Å²) in [6.45, 7) is 2.78. The van der Waals surface area contributed by atoms with E-state index in [1.165, 1.54) is 0 Å². The Kier molecular flexibility index (Phi) is 4.09. The van der Waals surface area contributed by atoms with Crippen molar-refractivity contribution in [2.75, 3.05) is 13.7 Å². The summed E-state index contributed by atoms with van der Waals surface area (Å²) < 4.78 is 10.5. The van der Waals surface area contributed by atoms with Gasteiger partial charge in [-0.15, -0.1) is 0 Å². The molecule has 1 unspecified atom stereocenters. The van der Waals surface area contributed by atoms with Crippen LogP contribution in [0.3, 0.4) is 0 Å². The Bertz CT molecular complexity index is 651. The van der Waals surface area contributed by atoms with Gasteiger partial charge in [0.1, 0.15) is 11.8 Å². The first-order chi connectivity index (χ1) is 10.7. The van der Waals surface area contributed by atoms with Gasteiger partial charge in [-0.25, -0.2) is 0 Å². The standard InChI is InChI=1S/C16H19N3O3/c1-3-13(19-10-4-5-14(19)20)16-17-15(18-22-16)11-6-8-12(21-2)9-7-11/h6-9,13H,3-5,10H2,1-2H3. The molecule has 0 radical (unpaired) electrons. The van der Waals surface area contributed by atoms with Gasteiger partial charge in [0.15, 0.2) is 0 Å². The Morgan fingerprint density at radius 3 is 2.73 bits per heavy atom. The van der Waals surface area contributed by atoms with E-state index in [9.17, 15) is 4.79 Å². The highest BCUT2D eigenvalue weighted by Gasteiger charge is 2.31. The van der Waals surface area contributed by atoms with Crippen LogP contribution >= 0.6 is 0 Å². The first-order valence-electron chi connectivity index (χ1n) is 7.50. The molecule has 22 heavy (non-hydrogen) atoms. The minimum atomic E-state index is -0.130. The fourth-order valence-electron chi connectivity index (χ4n) is 2.75. The summed E-state index contributed by atoms with van der Waals surface area (Å²) in [5, 5.41) is 4.04. The van der Waals surface area contributed by atoms with E-state index in [1.807, 2.05) is 36.1 Å². The Labute approximate surface area is 129 Å². The van der Waals surface area contributed by atoms with Gasteiger partial charge in [-0.3, -0.25) is 4.79 Å². The van der Waals surface area contributed by atoms with E-state index in [4.69, 9.17) is 9.26 Å². The van der Waals surface area contributed by atoms with Crippen molar-refractivity contribution in [2.45, 2.75) is 32.2 Å². The van der Waals surface area contributed by atoms with E-state index in [-0.39, 0.29) is 11.9 Å². The van der Waals surface area contributed by atoms with E-state index in [1.54, 1.807) is 7.11 Å². The van der Waals surface area contributed by atoms with Gasteiger partial charge in [0.05, 0.1) is 7.11 Å². The van der Waals surface area contributed by atoms with Gasteiger partial charge in [0.25, 0.3) is 0 Å². The molecule has 0 bridgehead atoms. The zero-order valence-corrected chi connectivity index (χ0v) is 12.8. The summed E-state index contributed by atoms with van der Waals surface area (Å²) in [6.07, 6.45) is 2.26. The van der Waals surface area contributed by atoms with Crippen molar-refractivity contribution < 1.29 is 14.1 Å². The summed E-state index contributed by atoms with van der Waals surface area (Å²) in [7, 11) is 1.63. The van der Waals surface area contributed by atoms with Gasteiger partial charge >= 0.3 is 0 Å². The lowest BCUT2D eigenvalue weighted by Crippen LogP contribution is -2.29. The number of hydrogen-bond acceptors (Lipinski definition) is 5. The fourth-order valence-corrected chi connectivity index (χ4v) is 2.75. The van der Waals surface area contributed by atoms with Gasteiger partial charge < -0.3 is 14.2 Å². The molecule has 1 aliphatic heterocycles. The highest BCUT2D eigenvalue weighted by atomic mass is 16.5. The van der Waals surface area contributed by atoms with Crippen LogP contribution in [0.5, 0.6) is 5.75 Å². The van der Waals surface area contributed by atoms with Gasteiger partial charge in [0, 0.05) is 18.5 Å². The molecule has 1 fully saturated rings. The normalized spacial score (nSPS) is 16.1. The van der Waals surface area contributed by atoms with Gasteiger partial charge in [-0.1, -0.05) is 12.1 Å². The van der Waals surface area contributed by atoms with Crippen molar-refractivity contribution in [1.82, 2.24) is 15.0 Å². The second-order valence-electron chi connectivity index (χ2n) is 5.30. The van der Waals surface area contributed by atoms with E-state index >= 15 is 0 Å². The molecule has 2 heterocycles. The summed E-state index contributed by atoms with van der Waals surface area (Å²) in [5.41, 5.74) is 0.860. The SMILES string of the molecule is CCC(c1nc(-c2ccc(OC)cc2)no1)N1CCCC1=O. The number of benzene rings is 1. The molecule has 0 saturated carbocycles. The fraction of sp³-hybridized carbons (Fsp3) is 0.438. The minimum absolute atomic E-state index is 0.130. The molecule has 6 nitrogen and oxygen atoms in total. The zero-order chi connectivity index (χ0) is 15.5. The van der Waals surface area contributed by atoms with Crippen molar-refractivity contribution in [3.63, 3.8) is 0 Å². The maximum atomic E-state index is 11.9. The summed E-state index contributed by atoms with van der Waals surface area (Å²) in [4.78, 5) is 18.2. The summed E-state index contributed by atoms with van der Waals surface area (Å²) >= 11 is 0. The summed E-state index contributed by atoms with van der Waals surface area (Å²) in [5.74, 6) is 1.98. The molecule has 1 atom stereocenters. The Morgan fingerprint density at radius 2 is 2.14 bits per heavy atom. The molecule has 1 aromatic carbocycles. The highest BCUT2D eigenvalue weighted by Crippen LogP contribution is 2.29. The molecular formula is C16H19N3O3. The molecule has 0 N–H and O–H groups in total. The molecule has 6 heteroatoms. The van der Waals surface area contributed by atoms with Gasteiger partial charge in [-0.05, 0) is 37.1 Å². The van der Waals surface area contributed by atoms with E-state index in [2.05, 4.69) is 10.1 Å². The van der Waals surface area contributed by atoms with E-state index < -0.39 is 0 Å². The van der Waals surface area contributed by atoms with Crippen LogP contribution in [0.4, 0.5) is 0 Å². The average Bonchev–Trinajstić information content (AvgIpc) is 3.19. The van der Waals surface area contributed by atoms with Crippen molar-refractivity contribution in [3.05, 3.63) is 30.2 Å². The number of nitrogens with zero attached hydrogens (tertiary/aromatic N) is 3. The van der Waals surface area contributed by atoms with Crippen LogP contribution in [-0.4, -0.2) is 34.6 Å². The van der Waals surface area contributed by atoms with Crippen LogP contribution in [0.25, 0.3) is 11.4 Å². The molecule has 1 aliphatic rings. The zero-order valence-electron chi connectivity index (χ0n) is 12.8. The van der Waals surface area contributed by atoms with Crippen LogP contribution in [0.1, 0.15) is 38.1 Å². The quantitative estimate of drug-likeness (QED) is 0.849. The molecule has 1 amide bonds. The molecular weight excluding hydrogens is 282 g/mol. The number of likely N-dealkylation sites (tertiary alicyclic amines) is 1. The molecule has 0 aliphatic carbocycles. The topological polar surface area (TPSA) is 68.5 Å². The van der Waals surface area contributed by atoms with E-state index in [0.717, 1.165) is 30.7 Å². The number of hydrogen-bond donors (Lipinski definition) is 0. The van der Waals surface area contributed by atoms with E-state index in [0.29, 0.717) is 18.1 Å². The first-order valence-corrected chi connectivity index (χ1v) is 7.50. The van der Waals surface area contributed by atoms with Gasteiger partial charge in [0.2, 0.25) is 17.6 Å². The predicted molar refractivity (Wildman–Crippen MR) is 80.3 cm³/mol. The van der Waals surface area contributed by atoms with Gasteiger partial charge in [-0.2, -0.15) is 4.98 Å². The molecule has 1 aromatic heterocycles. The number of ether oxygens (including phenoxy) is 1. The first kappa shape index (κ1) is 14.6. The second-order valence-corrected chi connectivity index (χ2v) is 5.30. The minimum Gasteiger partial charge on any atom is -0.497 e.